The first-order valence-electron chi connectivity index (χ1n) is 19.6. The molecule has 2 fully saturated rings. The quantitative estimate of drug-likeness (QED) is 0.153. The Morgan fingerprint density at radius 3 is 2.33 bits per heavy atom. The van der Waals surface area contributed by atoms with E-state index >= 15 is 0 Å². The number of aliphatic imine (C=N–C) groups is 2. The van der Waals surface area contributed by atoms with Gasteiger partial charge in [-0.2, -0.15) is 4.99 Å². The van der Waals surface area contributed by atoms with Crippen LogP contribution in [0.5, 0.6) is 0 Å². The van der Waals surface area contributed by atoms with Crippen LogP contribution >= 0.6 is 0 Å². The number of nitrogens with one attached hydrogen (secondary N) is 3. The van der Waals surface area contributed by atoms with E-state index in [-0.39, 0.29) is 47.5 Å². The number of aromatic nitrogens is 2. The molecule has 3 aliphatic heterocycles. The summed E-state index contributed by atoms with van der Waals surface area (Å²) in [6, 6.07) is 15.1. The van der Waals surface area contributed by atoms with Crippen molar-refractivity contribution in [2.45, 2.75) is 77.5 Å². The van der Waals surface area contributed by atoms with E-state index < -0.39 is 18.2 Å². The van der Waals surface area contributed by atoms with Gasteiger partial charge in [0.15, 0.2) is 0 Å². The van der Waals surface area contributed by atoms with Crippen LogP contribution in [0, 0.1) is 11.8 Å². The minimum Gasteiger partial charge on any atom is -0.456 e. The molecule has 0 radical (unpaired) electrons. The van der Waals surface area contributed by atoms with Gasteiger partial charge >= 0.3 is 12.2 Å². The number of amides is 4. The first-order chi connectivity index (χ1) is 27.4. The number of nitrogens with zero attached hydrogens (tertiary/aromatic N) is 5. The lowest BCUT2D eigenvalue weighted by atomic mass is 10.0. The van der Waals surface area contributed by atoms with Crippen molar-refractivity contribution in [3.8, 4) is 22.6 Å². The molecule has 4 atom stereocenters. The Hall–Kier alpha value is -5.99. The number of hydrogen-bond acceptors (Lipinski definition) is 10. The van der Waals surface area contributed by atoms with E-state index in [9.17, 15) is 19.2 Å². The number of amidine groups is 1. The summed E-state index contributed by atoms with van der Waals surface area (Å²) < 4.78 is 15.7. The first kappa shape index (κ1) is 39.3. The number of furan rings is 1. The van der Waals surface area contributed by atoms with Gasteiger partial charge in [-0.1, -0.05) is 52.0 Å². The summed E-state index contributed by atoms with van der Waals surface area (Å²) in [4.78, 5) is 71.4. The maximum Gasteiger partial charge on any atom is 0.433 e. The number of rotatable bonds is 10. The molecule has 0 aliphatic carbocycles. The summed E-state index contributed by atoms with van der Waals surface area (Å²) in [5.41, 5.74) is 4.69. The molecular formula is C42H50N8O7. The molecule has 15 heteroatoms. The molecule has 3 N–H and O–H groups in total. The molecule has 2 saturated heterocycles. The van der Waals surface area contributed by atoms with Gasteiger partial charge in [0.05, 0.1) is 50.8 Å². The van der Waals surface area contributed by atoms with Crippen LogP contribution < -0.4 is 10.6 Å². The topological polar surface area (TPSA) is 184 Å². The number of hydrogen-bond donors (Lipinski definition) is 3. The summed E-state index contributed by atoms with van der Waals surface area (Å²) in [5, 5.41) is 7.21. The molecule has 0 spiro atoms. The highest BCUT2D eigenvalue weighted by Gasteiger charge is 2.40. The second-order valence-corrected chi connectivity index (χ2v) is 15.4. The normalized spacial score (nSPS) is 20.2. The van der Waals surface area contributed by atoms with Gasteiger partial charge in [0.2, 0.25) is 5.91 Å². The van der Waals surface area contributed by atoms with Gasteiger partial charge < -0.3 is 39.3 Å². The van der Waals surface area contributed by atoms with Gasteiger partial charge in [-0.3, -0.25) is 14.6 Å². The van der Waals surface area contributed by atoms with Gasteiger partial charge in [-0.05, 0) is 61.4 Å². The van der Waals surface area contributed by atoms with Crippen molar-refractivity contribution in [1.29, 1.82) is 0 Å². The zero-order valence-electron chi connectivity index (χ0n) is 33.2. The van der Waals surface area contributed by atoms with Crippen LogP contribution in [0.2, 0.25) is 0 Å². The second kappa shape index (κ2) is 16.6. The van der Waals surface area contributed by atoms with E-state index in [2.05, 4.69) is 48.5 Å². The third-order valence-corrected chi connectivity index (χ3v) is 11.0. The molecule has 0 saturated carbocycles. The van der Waals surface area contributed by atoms with Gasteiger partial charge in [-0.25, -0.2) is 14.6 Å². The zero-order chi connectivity index (χ0) is 40.4. The predicted molar refractivity (Wildman–Crippen MR) is 215 cm³/mol. The molecule has 5 heterocycles. The van der Waals surface area contributed by atoms with Crippen molar-refractivity contribution < 1.29 is 33.1 Å². The summed E-state index contributed by atoms with van der Waals surface area (Å²) in [6.45, 7) is 9.18. The van der Waals surface area contributed by atoms with E-state index in [1.165, 1.54) is 14.2 Å². The number of likely N-dealkylation sites (tertiary alicyclic amines) is 2. The molecule has 2 aromatic carbocycles. The van der Waals surface area contributed by atoms with Crippen molar-refractivity contribution in [3.63, 3.8) is 0 Å². The van der Waals surface area contributed by atoms with Crippen LogP contribution in [0.25, 0.3) is 33.6 Å². The Balaban J connectivity index is 1.01. The molecule has 4 aromatic rings. The standard InChI is InChI=1S/C42H50N8O7/c1-23(2)35(47-41(53)55-5)39(51)49-17-7-9-31(49)37-43-21-29(45-37)25-11-13-26(14-12-25)34-20-28-19-27(15-16-33(28)57-34)30-22-44-38(46-30)32-10-8-18-50(32)40(52)36(24(3)4)48-42(54)56-6/h11-16,19-20,22-24,29,31-32,35H,7-10,17-18,21H2,1-6H3,(H,43,45)(H,44,46)(H,47,53)/b48-36+/t29?,31-,32-,35-/m0/s1. The number of fused-ring (bicyclic) bond motifs is 1. The number of benzene rings is 2. The van der Waals surface area contributed by atoms with Gasteiger partial charge in [0.25, 0.3) is 5.91 Å². The fraction of sp³-hybridized carbons (Fsp3) is 0.452. The minimum atomic E-state index is -0.791. The molecule has 4 amide bonds. The van der Waals surface area contributed by atoms with Crippen LogP contribution in [0.15, 0.2) is 69.1 Å². The molecule has 3 aliphatic rings. The highest BCUT2D eigenvalue weighted by Crippen LogP contribution is 2.35. The lowest BCUT2D eigenvalue weighted by molar-refractivity contribution is -0.134. The van der Waals surface area contributed by atoms with Crippen LogP contribution in [0.4, 0.5) is 9.59 Å². The van der Waals surface area contributed by atoms with E-state index in [1.807, 2.05) is 62.9 Å². The third kappa shape index (κ3) is 8.14. The maximum absolute atomic E-state index is 13.6. The van der Waals surface area contributed by atoms with E-state index in [0.29, 0.717) is 25.5 Å². The monoisotopic (exact) mass is 778 g/mol. The van der Waals surface area contributed by atoms with Crippen molar-refractivity contribution in [3.05, 3.63) is 66.1 Å². The van der Waals surface area contributed by atoms with Crippen LogP contribution in [0.3, 0.4) is 0 Å². The molecule has 0 bridgehead atoms. The summed E-state index contributed by atoms with van der Waals surface area (Å²) in [7, 11) is 2.53. The first-order valence-corrected chi connectivity index (χ1v) is 19.6. The number of ether oxygens (including phenoxy) is 2. The summed E-state index contributed by atoms with van der Waals surface area (Å²) in [6.07, 6.45) is 3.58. The Labute approximate surface area is 331 Å². The maximum atomic E-state index is 13.6. The molecular weight excluding hydrogens is 729 g/mol. The zero-order valence-corrected chi connectivity index (χ0v) is 33.2. The lowest BCUT2D eigenvalue weighted by Gasteiger charge is -2.31. The van der Waals surface area contributed by atoms with E-state index in [0.717, 1.165) is 70.6 Å². The van der Waals surface area contributed by atoms with Crippen molar-refractivity contribution in [1.82, 2.24) is 30.4 Å². The largest absolute Gasteiger partial charge is 0.456 e. The van der Waals surface area contributed by atoms with E-state index in [4.69, 9.17) is 14.1 Å². The van der Waals surface area contributed by atoms with E-state index in [1.54, 1.807) is 11.1 Å². The Morgan fingerprint density at radius 1 is 0.912 bits per heavy atom. The van der Waals surface area contributed by atoms with Gasteiger partial charge in [0, 0.05) is 35.5 Å². The fourth-order valence-corrected chi connectivity index (χ4v) is 7.94. The van der Waals surface area contributed by atoms with Crippen molar-refractivity contribution >= 4 is 46.5 Å². The van der Waals surface area contributed by atoms with Crippen LogP contribution in [-0.2, 0) is 19.1 Å². The molecule has 15 nitrogen and oxygen atoms in total. The Bertz CT molecular complexity index is 2200. The number of H-pyrrole nitrogens is 1. The van der Waals surface area contributed by atoms with Gasteiger partial charge in [-0.15, -0.1) is 0 Å². The average Bonchev–Trinajstić information content (AvgIpc) is 4.06. The molecule has 7 rings (SSSR count). The highest BCUT2D eigenvalue weighted by molar-refractivity contribution is 6.40. The Kier molecular flexibility index (Phi) is 11.4. The number of alkyl carbamates (subject to hydrolysis) is 1. The summed E-state index contributed by atoms with van der Waals surface area (Å²) in [5.74, 6) is 1.45. The molecule has 57 heavy (non-hydrogen) atoms. The van der Waals surface area contributed by atoms with Crippen molar-refractivity contribution in [2.24, 2.45) is 21.8 Å². The molecule has 2 aromatic heterocycles. The van der Waals surface area contributed by atoms with Crippen LogP contribution in [-0.4, -0.2) is 101 Å². The number of imidazole rings is 1. The minimum absolute atomic E-state index is 0.0297. The van der Waals surface area contributed by atoms with Crippen LogP contribution in [0.1, 0.15) is 76.8 Å². The number of methoxy groups -OCH3 is 2. The summed E-state index contributed by atoms with van der Waals surface area (Å²) >= 11 is 0. The molecule has 1 unspecified atom stereocenters. The third-order valence-electron chi connectivity index (χ3n) is 11.0. The SMILES string of the molecule is COC(=O)/N=C(/C(=O)N1CCC[C@H]1c1ncc(-c2ccc3oc(-c4ccc(C5CN=C([C@@H]6CCCN6C(=O)[C@@H](NC(=O)OC)C(C)C)N5)cc4)cc3c2)[nH]1)C(C)C. The average molecular weight is 779 g/mol. The number of aromatic amines is 1. The smallest absolute Gasteiger partial charge is 0.433 e. The van der Waals surface area contributed by atoms with Gasteiger partial charge in [0.1, 0.15) is 34.8 Å². The lowest BCUT2D eigenvalue weighted by Crippen LogP contribution is -2.54. The predicted octanol–water partition coefficient (Wildman–Crippen LogP) is 6.43. The number of carbonyl (C=O) groups excluding carboxylic acids is 4. The highest BCUT2D eigenvalue weighted by atomic mass is 16.5. The number of carbonyl (C=O) groups is 4. The second-order valence-electron chi connectivity index (χ2n) is 15.4. The fourth-order valence-electron chi connectivity index (χ4n) is 7.94. The Morgan fingerprint density at radius 2 is 1.63 bits per heavy atom. The molecule has 300 valence electrons. The van der Waals surface area contributed by atoms with Crippen molar-refractivity contribution in [2.75, 3.05) is 33.9 Å².